The Morgan fingerprint density at radius 1 is 1.21 bits per heavy atom. The van der Waals surface area contributed by atoms with E-state index in [1.54, 1.807) is 24.4 Å². The van der Waals surface area contributed by atoms with Crippen molar-refractivity contribution in [3.63, 3.8) is 0 Å². The van der Waals surface area contributed by atoms with Crippen LogP contribution in [-0.2, 0) is 20.9 Å². The van der Waals surface area contributed by atoms with Crippen LogP contribution >= 0.6 is 0 Å². The van der Waals surface area contributed by atoms with Gasteiger partial charge in [0.15, 0.2) is 0 Å². The van der Waals surface area contributed by atoms with Crippen LogP contribution in [0.3, 0.4) is 0 Å². The number of alkyl carbamates (subject to hydrolysis) is 1. The smallest absolute Gasteiger partial charge is 0.412 e. The lowest BCUT2D eigenvalue weighted by molar-refractivity contribution is -0.136. The Hall–Kier alpha value is -4.05. The quantitative estimate of drug-likeness (QED) is 0.525. The highest BCUT2D eigenvalue weighted by Gasteiger charge is 2.15. The van der Waals surface area contributed by atoms with Crippen molar-refractivity contribution in [2.75, 3.05) is 7.11 Å². The van der Waals surface area contributed by atoms with E-state index < -0.39 is 12.1 Å². The number of carbonyl (C=O) groups is 2. The summed E-state index contributed by atoms with van der Waals surface area (Å²) in [5.41, 5.74) is 2.65. The maximum absolute atomic E-state index is 12.1. The van der Waals surface area contributed by atoms with Crippen molar-refractivity contribution < 1.29 is 19.1 Å². The number of nitrogens with one attached hydrogen (secondary N) is 2. The van der Waals surface area contributed by atoms with E-state index in [-0.39, 0.29) is 12.3 Å². The van der Waals surface area contributed by atoms with Crippen LogP contribution in [0.15, 0.2) is 60.4 Å². The number of hydrogen-bond donors (Lipinski definition) is 2. The number of nitrogens with zero attached hydrogens (tertiary/aromatic N) is 1. The molecule has 0 atom stereocenters. The molecule has 2 aromatic carbocycles. The minimum atomic E-state index is -0.777. The Kier molecular flexibility index (Phi) is 5.72. The van der Waals surface area contributed by atoms with E-state index in [0.29, 0.717) is 16.5 Å². The lowest BCUT2D eigenvalue weighted by atomic mass is 10.1. The minimum absolute atomic E-state index is 0.0714. The van der Waals surface area contributed by atoms with E-state index in [4.69, 9.17) is 14.7 Å². The van der Waals surface area contributed by atoms with Gasteiger partial charge in [0.05, 0.1) is 12.7 Å². The van der Waals surface area contributed by atoms with Crippen molar-refractivity contribution >= 4 is 29.0 Å². The summed E-state index contributed by atoms with van der Waals surface area (Å²) in [4.78, 5) is 27.1. The maximum Gasteiger partial charge on any atom is 0.412 e. The van der Waals surface area contributed by atoms with E-state index >= 15 is 0 Å². The summed E-state index contributed by atoms with van der Waals surface area (Å²) in [6, 6.07) is 16.5. The molecule has 0 saturated heterocycles. The molecule has 1 aromatic heterocycles. The average Bonchev–Trinajstić information content (AvgIpc) is 3.14. The van der Waals surface area contributed by atoms with Gasteiger partial charge >= 0.3 is 12.1 Å². The number of methoxy groups -OCH3 is 1. The molecule has 0 fully saturated rings. The fraction of sp³-hybridized carbons (Fsp3) is 0.0952. The molecule has 7 nitrogen and oxygen atoms in total. The number of amides is 1. The highest BCUT2D eigenvalue weighted by atomic mass is 16.6. The lowest BCUT2D eigenvalue weighted by Gasteiger charge is -2.09. The number of nitriles is 1. The van der Waals surface area contributed by atoms with E-state index in [1.807, 2.05) is 30.3 Å². The normalized spacial score (nSPS) is 10.9. The Morgan fingerprint density at radius 3 is 2.71 bits per heavy atom. The van der Waals surface area contributed by atoms with E-state index in [9.17, 15) is 9.59 Å². The monoisotopic (exact) mass is 375 g/mol. The molecule has 3 rings (SSSR count). The van der Waals surface area contributed by atoms with Crippen LogP contribution in [-0.4, -0.2) is 24.2 Å². The zero-order chi connectivity index (χ0) is 19.9. The van der Waals surface area contributed by atoms with Crippen molar-refractivity contribution in [1.29, 1.82) is 5.26 Å². The molecule has 0 saturated carbocycles. The molecular formula is C21H17N3O4. The number of ether oxygens (including phenoxy) is 2. The summed E-state index contributed by atoms with van der Waals surface area (Å²) < 4.78 is 9.87. The van der Waals surface area contributed by atoms with Crippen molar-refractivity contribution in [1.82, 2.24) is 10.3 Å². The van der Waals surface area contributed by atoms with Crippen molar-refractivity contribution in [2.24, 2.45) is 0 Å². The summed E-state index contributed by atoms with van der Waals surface area (Å²) in [5.74, 6) is -0.716. The number of aromatic amines is 1. The number of rotatable bonds is 5. The van der Waals surface area contributed by atoms with Gasteiger partial charge in [-0.2, -0.15) is 5.26 Å². The maximum atomic E-state index is 12.1. The zero-order valence-corrected chi connectivity index (χ0v) is 15.1. The van der Waals surface area contributed by atoms with Gasteiger partial charge in [-0.3, -0.25) is 5.32 Å². The first-order chi connectivity index (χ1) is 13.6. The molecule has 0 aliphatic carbocycles. The molecule has 7 heteroatoms. The average molecular weight is 375 g/mol. The number of H-pyrrole nitrogens is 1. The number of fused-ring (bicyclic) bond motifs is 1. The Morgan fingerprint density at radius 2 is 2.00 bits per heavy atom. The predicted molar refractivity (Wildman–Crippen MR) is 103 cm³/mol. The molecule has 2 N–H and O–H groups in total. The van der Waals surface area contributed by atoms with Gasteiger partial charge in [-0.25, -0.2) is 9.59 Å². The Balaban J connectivity index is 1.78. The zero-order valence-electron chi connectivity index (χ0n) is 15.1. The van der Waals surface area contributed by atoms with Gasteiger partial charge in [0.25, 0.3) is 0 Å². The summed E-state index contributed by atoms with van der Waals surface area (Å²) in [5, 5.41) is 12.3. The molecule has 1 heterocycles. The van der Waals surface area contributed by atoms with Gasteiger partial charge in [0.1, 0.15) is 18.4 Å². The molecule has 0 bridgehead atoms. The number of carbonyl (C=O) groups excluding carboxylic acids is 2. The van der Waals surface area contributed by atoms with Gasteiger partial charge in [-0.15, -0.1) is 0 Å². The summed E-state index contributed by atoms with van der Waals surface area (Å²) >= 11 is 0. The molecule has 3 aromatic rings. The van der Waals surface area contributed by atoms with Gasteiger partial charge in [-0.05, 0) is 29.3 Å². The SMILES string of the molecule is COC(=O)/C(=C\c1ccc2[nH]cc(C#N)c2c1)NC(=O)OCc1ccccc1. The molecular weight excluding hydrogens is 358 g/mol. The first kappa shape index (κ1) is 18.7. The fourth-order valence-electron chi connectivity index (χ4n) is 2.61. The van der Waals surface area contributed by atoms with Crippen LogP contribution < -0.4 is 5.32 Å². The molecule has 0 aliphatic rings. The van der Waals surface area contributed by atoms with Crippen LogP contribution in [0.25, 0.3) is 17.0 Å². The van der Waals surface area contributed by atoms with Crippen LogP contribution in [0.5, 0.6) is 0 Å². The van der Waals surface area contributed by atoms with Gasteiger partial charge in [-0.1, -0.05) is 36.4 Å². The third kappa shape index (κ3) is 4.37. The highest BCUT2D eigenvalue weighted by Crippen LogP contribution is 2.20. The van der Waals surface area contributed by atoms with Gasteiger partial charge in [0, 0.05) is 17.1 Å². The van der Waals surface area contributed by atoms with Crippen molar-refractivity contribution in [3.8, 4) is 6.07 Å². The second-order valence-corrected chi connectivity index (χ2v) is 5.86. The lowest BCUT2D eigenvalue weighted by Crippen LogP contribution is -2.28. The number of benzene rings is 2. The summed E-state index contributed by atoms with van der Waals surface area (Å²) in [6.45, 7) is 0.0714. The first-order valence-electron chi connectivity index (χ1n) is 8.39. The second-order valence-electron chi connectivity index (χ2n) is 5.86. The standard InChI is InChI=1S/C21H17N3O4/c1-27-20(25)19(24-21(26)28-13-14-5-3-2-4-6-14)10-15-7-8-18-17(9-15)16(11-22)12-23-18/h2-10,12,23H,13H2,1H3,(H,24,26)/b19-10+. The van der Waals surface area contributed by atoms with E-state index in [2.05, 4.69) is 16.4 Å². The summed E-state index contributed by atoms with van der Waals surface area (Å²) in [6.07, 6.45) is 2.29. The summed E-state index contributed by atoms with van der Waals surface area (Å²) in [7, 11) is 1.22. The van der Waals surface area contributed by atoms with E-state index in [0.717, 1.165) is 11.1 Å². The molecule has 1 amide bonds. The molecule has 140 valence electrons. The third-order valence-electron chi connectivity index (χ3n) is 3.99. The molecule has 0 aliphatic heterocycles. The van der Waals surface area contributed by atoms with Gasteiger partial charge in [0.2, 0.25) is 0 Å². The minimum Gasteiger partial charge on any atom is -0.464 e. The Bertz CT molecular complexity index is 1080. The Labute approximate surface area is 161 Å². The van der Waals surface area contributed by atoms with Crippen molar-refractivity contribution in [3.05, 3.63) is 77.1 Å². The van der Waals surface area contributed by atoms with Crippen LogP contribution in [0, 0.1) is 11.3 Å². The van der Waals surface area contributed by atoms with Crippen molar-refractivity contribution in [2.45, 2.75) is 6.61 Å². The first-order valence-corrected chi connectivity index (χ1v) is 8.39. The number of esters is 1. The highest BCUT2D eigenvalue weighted by molar-refractivity contribution is 5.97. The molecule has 28 heavy (non-hydrogen) atoms. The number of hydrogen-bond acceptors (Lipinski definition) is 5. The molecule has 0 spiro atoms. The largest absolute Gasteiger partial charge is 0.464 e. The predicted octanol–water partition coefficient (Wildman–Crippen LogP) is 3.48. The van der Waals surface area contributed by atoms with Gasteiger partial charge < -0.3 is 14.5 Å². The van der Waals surface area contributed by atoms with E-state index in [1.165, 1.54) is 13.2 Å². The second kappa shape index (κ2) is 8.56. The number of aromatic nitrogens is 1. The van der Waals surface area contributed by atoms with Crippen LogP contribution in [0.1, 0.15) is 16.7 Å². The fourth-order valence-corrected chi connectivity index (χ4v) is 2.61. The van der Waals surface area contributed by atoms with Crippen LogP contribution in [0.4, 0.5) is 4.79 Å². The topological polar surface area (TPSA) is 104 Å². The molecule has 0 radical (unpaired) electrons. The molecule has 0 unspecified atom stereocenters. The van der Waals surface area contributed by atoms with Crippen LogP contribution in [0.2, 0.25) is 0 Å². The third-order valence-corrected chi connectivity index (χ3v) is 3.99.